The number of nitrogens with zero attached hydrogens (tertiary/aromatic N) is 1. The normalized spacial score (nSPS) is 12.4. The molecule has 0 amide bonds. The Hall–Kier alpha value is -4.55. The lowest BCUT2D eigenvalue weighted by molar-refractivity contribution is 0.287. The predicted octanol–water partition coefficient (Wildman–Crippen LogP) is 12.2. The smallest absolute Gasteiger partial charge is 0.206 e. The zero-order valence-electron chi connectivity index (χ0n) is 32.5. The minimum atomic E-state index is -3.71. The molecule has 0 spiro atoms. The molecular weight excluding hydrogens is 675 g/mol. The highest BCUT2D eigenvalue weighted by atomic mass is 32.2. The molecule has 53 heavy (non-hydrogen) atoms. The summed E-state index contributed by atoms with van der Waals surface area (Å²) in [6.45, 7) is 16.9. The minimum absolute atomic E-state index is 0.0164. The first-order chi connectivity index (χ1) is 25.3. The maximum atomic E-state index is 13.7. The molecule has 1 heterocycles. The van der Waals surface area contributed by atoms with Crippen LogP contribution in [0.3, 0.4) is 0 Å². The van der Waals surface area contributed by atoms with Crippen LogP contribution in [0.5, 0.6) is 11.5 Å². The van der Waals surface area contributed by atoms with Crippen molar-refractivity contribution in [2.75, 3.05) is 13.2 Å². The van der Waals surface area contributed by atoms with Crippen LogP contribution in [0.15, 0.2) is 119 Å². The minimum Gasteiger partial charge on any atom is -0.494 e. The van der Waals surface area contributed by atoms with E-state index in [4.69, 9.17) is 9.47 Å². The Morgan fingerprint density at radius 1 is 0.547 bits per heavy atom. The van der Waals surface area contributed by atoms with Crippen molar-refractivity contribution >= 4 is 31.6 Å². The summed E-state index contributed by atoms with van der Waals surface area (Å²) in [7, 11) is -3.71. The maximum Gasteiger partial charge on any atom is 0.206 e. The van der Waals surface area contributed by atoms with E-state index in [9.17, 15) is 8.42 Å². The largest absolute Gasteiger partial charge is 0.494 e. The second kappa shape index (κ2) is 15.8. The molecule has 0 unspecified atom stereocenters. The summed E-state index contributed by atoms with van der Waals surface area (Å²) >= 11 is 0. The third-order valence-corrected chi connectivity index (χ3v) is 11.9. The Labute approximate surface area is 316 Å². The molecule has 0 saturated carbocycles. The van der Waals surface area contributed by atoms with Crippen molar-refractivity contribution in [3.8, 4) is 17.2 Å². The first-order valence-electron chi connectivity index (χ1n) is 19.1. The first kappa shape index (κ1) is 38.2. The maximum absolute atomic E-state index is 13.7. The monoisotopic (exact) mass is 729 g/mol. The van der Waals surface area contributed by atoms with E-state index in [0.717, 1.165) is 61.0 Å². The molecule has 0 atom stereocenters. The molecule has 0 aliphatic heterocycles. The van der Waals surface area contributed by atoms with Gasteiger partial charge in [0, 0.05) is 16.5 Å². The van der Waals surface area contributed by atoms with E-state index in [0.29, 0.717) is 19.0 Å². The molecular formula is C47H55NO4S. The van der Waals surface area contributed by atoms with E-state index < -0.39 is 9.84 Å². The van der Waals surface area contributed by atoms with Crippen LogP contribution in [0.4, 0.5) is 0 Å². The van der Waals surface area contributed by atoms with Crippen molar-refractivity contribution in [3.05, 3.63) is 126 Å². The zero-order chi connectivity index (χ0) is 37.8. The number of ether oxygens (including phenoxy) is 2. The number of unbranched alkanes of at least 4 members (excludes halogenated alkanes) is 3. The molecule has 6 heteroatoms. The van der Waals surface area contributed by atoms with Gasteiger partial charge in [-0.25, -0.2) is 8.42 Å². The quantitative estimate of drug-likeness (QED) is 0.105. The number of fused-ring (bicyclic) bond motifs is 3. The average molecular weight is 730 g/mol. The molecule has 1 aromatic heterocycles. The van der Waals surface area contributed by atoms with Gasteiger partial charge in [-0.2, -0.15) is 0 Å². The Morgan fingerprint density at radius 3 is 1.42 bits per heavy atom. The van der Waals surface area contributed by atoms with Crippen molar-refractivity contribution in [2.45, 2.75) is 108 Å². The molecule has 5 nitrogen and oxygen atoms in total. The Balaban J connectivity index is 1.08. The molecule has 0 saturated heterocycles. The highest BCUT2D eigenvalue weighted by Gasteiger charge is 2.22. The van der Waals surface area contributed by atoms with Gasteiger partial charge < -0.3 is 14.0 Å². The third-order valence-electron chi connectivity index (χ3n) is 10.1. The third kappa shape index (κ3) is 8.81. The number of sulfone groups is 1. The van der Waals surface area contributed by atoms with Crippen LogP contribution < -0.4 is 9.47 Å². The molecule has 6 aromatic rings. The molecule has 278 valence electrons. The van der Waals surface area contributed by atoms with Crippen molar-refractivity contribution < 1.29 is 17.9 Å². The molecule has 0 N–H and O–H groups in total. The second-order valence-corrected chi connectivity index (χ2v) is 18.2. The van der Waals surface area contributed by atoms with Crippen LogP contribution in [0.25, 0.3) is 27.5 Å². The van der Waals surface area contributed by atoms with E-state index in [1.807, 2.05) is 12.1 Å². The molecule has 5 aromatic carbocycles. The SMILES string of the molecule is CCCc1ccc(OCCCCCCOc2ccc(S(=O)(=O)c3ccc(-n4c5ccc(C(C)(C)C)cc5c5cc(C(C)(C)C)ccc54)cc3)cc2)cc1. The lowest BCUT2D eigenvalue weighted by Gasteiger charge is -2.19. The number of aromatic nitrogens is 1. The summed E-state index contributed by atoms with van der Waals surface area (Å²) in [5.41, 5.74) is 7.07. The summed E-state index contributed by atoms with van der Waals surface area (Å²) in [5.74, 6) is 1.60. The molecule has 0 bridgehead atoms. The highest BCUT2D eigenvalue weighted by molar-refractivity contribution is 7.91. The fourth-order valence-electron chi connectivity index (χ4n) is 6.84. The second-order valence-electron chi connectivity index (χ2n) is 16.3. The number of aryl methyl sites for hydroxylation is 1. The van der Waals surface area contributed by atoms with Crippen molar-refractivity contribution in [1.82, 2.24) is 4.57 Å². The Morgan fingerprint density at radius 2 is 0.981 bits per heavy atom. The topological polar surface area (TPSA) is 57.5 Å². The van der Waals surface area contributed by atoms with Gasteiger partial charge in [-0.3, -0.25) is 0 Å². The van der Waals surface area contributed by atoms with Crippen molar-refractivity contribution in [1.29, 1.82) is 0 Å². The van der Waals surface area contributed by atoms with Crippen LogP contribution in [0.2, 0.25) is 0 Å². The lowest BCUT2D eigenvalue weighted by Crippen LogP contribution is -2.10. The van der Waals surface area contributed by atoms with Crippen LogP contribution in [-0.4, -0.2) is 26.2 Å². The van der Waals surface area contributed by atoms with Gasteiger partial charge in [0.15, 0.2) is 0 Å². The first-order valence-corrected chi connectivity index (χ1v) is 20.6. The molecule has 0 radical (unpaired) electrons. The van der Waals surface area contributed by atoms with E-state index in [1.165, 1.54) is 27.5 Å². The zero-order valence-corrected chi connectivity index (χ0v) is 33.4. The van der Waals surface area contributed by atoms with Crippen LogP contribution in [0.1, 0.15) is 97.3 Å². The lowest BCUT2D eigenvalue weighted by atomic mass is 9.85. The fourth-order valence-corrected chi connectivity index (χ4v) is 8.10. The Kier molecular flexibility index (Phi) is 11.4. The predicted molar refractivity (Wildman–Crippen MR) is 220 cm³/mol. The van der Waals surface area contributed by atoms with Crippen LogP contribution in [-0.2, 0) is 27.1 Å². The summed E-state index contributed by atoms with van der Waals surface area (Å²) < 4.78 is 41.4. The van der Waals surface area contributed by atoms with Gasteiger partial charge in [-0.05, 0) is 145 Å². The van der Waals surface area contributed by atoms with Crippen LogP contribution >= 0.6 is 0 Å². The number of benzene rings is 5. The van der Waals surface area contributed by atoms with Crippen LogP contribution in [0, 0.1) is 0 Å². The van der Waals surface area contributed by atoms with Gasteiger partial charge in [-0.1, -0.05) is 79.2 Å². The van der Waals surface area contributed by atoms with Gasteiger partial charge in [0.1, 0.15) is 11.5 Å². The van der Waals surface area contributed by atoms with Crippen molar-refractivity contribution in [3.63, 3.8) is 0 Å². The highest BCUT2D eigenvalue weighted by Crippen LogP contribution is 2.38. The fraction of sp³-hybridized carbons (Fsp3) is 0.362. The summed E-state index contributed by atoms with van der Waals surface area (Å²) in [5, 5.41) is 2.40. The molecule has 6 rings (SSSR count). The van der Waals surface area contributed by atoms with E-state index in [-0.39, 0.29) is 20.6 Å². The van der Waals surface area contributed by atoms with Gasteiger partial charge in [0.25, 0.3) is 0 Å². The van der Waals surface area contributed by atoms with Gasteiger partial charge in [0.05, 0.1) is 34.0 Å². The number of rotatable bonds is 14. The van der Waals surface area contributed by atoms with E-state index in [1.54, 1.807) is 36.4 Å². The van der Waals surface area contributed by atoms with Gasteiger partial charge >= 0.3 is 0 Å². The van der Waals surface area contributed by atoms with E-state index >= 15 is 0 Å². The van der Waals surface area contributed by atoms with Gasteiger partial charge in [0.2, 0.25) is 9.84 Å². The Bertz CT molecular complexity index is 2180. The number of hydrogen-bond acceptors (Lipinski definition) is 4. The summed E-state index contributed by atoms with van der Waals surface area (Å²) in [4.78, 5) is 0.511. The van der Waals surface area contributed by atoms with Crippen molar-refractivity contribution in [2.24, 2.45) is 0 Å². The molecule has 0 aliphatic rings. The number of hydrogen-bond donors (Lipinski definition) is 0. The summed E-state index contributed by atoms with van der Waals surface area (Å²) in [6.07, 6.45) is 6.30. The summed E-state index contributed by atoms with van der Waals surface area (Å²) in [6, 6.07) is 35.9. The van der Waals surface area contributed by atoms with Gasteiger partial charge in [-0.15, -0.1) is 0 Å². The average Bonchev–Trinajstić information content (AvgIpc) is 3.46. The standard InChI is InChI=1S/C47H55NO4S/c1-8-13-34-14-20-38(21-15-34)51-30-11-9-10-12-31-52-39-22-26-41(27-23-39)53(49,50)40-24-18-37(19-25-40)48-44-28-16-35(46(2,3)4)32-42(44)43-33-36(47(5,6)7)17-29-45(43)48/h14-29,32-33H,8-13,30-31H2,1-7H3. The molecule has 0 aliphatic carbocycles. The van der Waals surface area contributed by atoms with E-state index in [2.05, 4.69) is 114 Å². The molecule has 0 fully saturated rings.